The first-order chi connectivity index (χ1) is 15.5. The Bertz CT molecular complexity index is 998. The summed E-state index contributed by atoms with van der Waals surface area (Å²) >= 11 is 0. The normalized spacial score (nSPS) is 22.9. The molecule has 9 heteroatoms. The van der Waals surface area contributed by atoms with Crippen molar-refractivity contribution >= 4 is 11.6 Å². The van der Waals surface area contributed by atoms with E-state index in [1.807, 2.05) is 27.7 Å². The van der Waals surface area contributed by atoms with Crippen molar-refractivity contribution in [3.05, 3.63) is 53.1 Å². The number of benzene rings is 1. The average Bonchev–Trinajstić information content (AvgIpc) is 3.02. The molecule has 0 bridgehead atoms. The fourth-order valence-electron chi connectivity index (χ4n) is 4.24. The molecule has 4 atom stereocenters. The van der Waals surface area contributed by atoms with Crippen LogP contribution in [0.3, 0.4) is 0 Å². The highest BCUT2D eigenvalue weighted by Crippen LogP contribution is 2.50. The van der Waals surface area contributed by atoms with Crippen LogP contribution in [0.15, 0.2) is 30.5 Å². The Balaban J connectivity index is 1.96. The lowest BCUT2D eigenvalue weighted by Crippen LogP contribution is -2.33. The number of aliphatic hydroxyl groups is 1. The smallest absolute Gasteiger partial charge is 0.270 e. The average molecular weight is 467 g/mol. The maximum Gasteiger partial charge on any atom is 0.270 e. The molecule has 1 aliphatic heterocycles. The van der Waals surface area contributed by atoms with E-state index in [2.05, 4.69) is 10.3 Å². The standard InChI is InChI=1S/C24H29F3N2O4/c1-6-17(30)16-10-7-13(11-28-16)29-23(31)21-18(12(2)24(3,4)33-21)14-8-9-15(25)19(22(26)27)20(14)32-5/h7-12,17-18,21-22,30H,6H2,1-5H3,(H,29,31)/t12-,17+,18-,21+/m0/s1. The van der Waals surface area contributed by atoms with E-state index in [9.17, 15) is 23.1 Å². The highest BCUT2D eigenvalue weighted by atomic mass is 19.3. The molecule has 0 radical (unpaired) electrons. The van der Waals surface area contributed by atoms with Gasteiger partial charge in [0, 0.05) is 11.5 Å². The van der Waals surface area contributed by atoms with Crippen LogP contribution in [0, 0.1) is 11.7 Å². The quantitative estimate of drug-likeness (QED) is 0.590. The number of amides is 1. The van der Waals surface area contributed by atoms with Gasteiger partial charge in [-0.05, 0) is 44.4 Å². The molecule has 180 valence electrons. The minimum absolute atomic E-state index is 0.277. The van der Waals surface area contributed by atoms with Gasteiger partial charge in [0.1, 0.15) is 17.7 Å². The predicted molar refractivity (Wildman–Crippen MR) is 117 cm³/mol. The molecule has 2 N–H and O–H groups in total. The number of carbonyl (C=O) groups is 1. The molecule has 1 aromatic heterocycles. The van der Waals surface area contributed by atoms with Crippen LogP contribution in [0.5, 0.6) is 5.75 Å². The molecule has 1 aliphatic rings. The van der Waals surface area contributed by atoms with Crippen molar-refractivity contribution in [2.45, 2.75) is 64.3 Å². The third-order valence-electron chi connectivity index (χ3n) is 6.39. The van der Waals surface area contributed by atoms with E-state index in [-0.39, 0.29) is 17.2 Å². The number of hydrogen-bond acceptors (Lipinski definition) is 5. The number of hydrogen-bond donors (Lipinski definition) is 2. The third-order valence-corrected chi connectivity index (χ3v) is 6.39. The van der Waals surface area contributed by atoms with Gasteiger partial charge in [-0.15, -0.1) is 0 Å². The zero-order valence-corrected chi connectivity index (χ0v) is 19.2. The molecule has 0 aliphatic carbocycles. The van der Waals surface area contributed by atoms with Crippen LogP contribution in [0.25, 0.3) is 0 Å². The van der Waals surface area contributed by atoms with Gasteiger partial charge in [-0.2, -0.15) is 0 Å². The molecule has 0 unspecified atom stereocenters. The largest absolute Gasteiger partial charge is 0.496 e. The second-order valence-electron chi connectivity index (χ2n) is 8.73. The van der Waals surface area contributed by atoms with Crippen molar-refractivity contribution in [3.63, 3.8) is 0 Å². The maximum atomic E-state index is 14.2. The van der Waals surface area contributed by atoms with Crippen LogP contribution in [-0.4, -0.2) is 34.8 Å². The summed E-state index contributed by atoms with van der Waals surface area (Å²) in [6, 6.07) is 5.56. The molecule has 1 amide bonds. The number of ether oxygens (including phenoxy) is 2. The number of alkyl halides is 2. The van der Waals surface area contributed by atoms with E-state index in [4.69, 9.17) is 9.47 Å². The molecular formula is C24H29F3N2O4. The number of aliphatic hydroxyl groups excluding tert-OH is 1. The summed E-state index contributed by atoms with van der Waals surface area (Å²) in [4.78, 5) is 17.4. The van der Waals surface area contributed by atoms with E-state index in [1.165, 1.54) is 19.4 Å². The Morgan fingerprint density at radius 3 is 2.55 bits per heavy atom. The zero-order valence-electron chi connectivity index (χ0n) is 19.2. The second kappa shape index (κ2) is 9.69. The molecule has 2 aromatic rings. The van der Waals surface area contributed by atoms with Gasteiger partial charge in [-0.1, -0.05) is 19.9 Å². The van der Waals surface area contributed by atoms with Crippen LogP contribution in [0.4, 0.5) is 18.9 Å². The van der Waals surface area contributed by atoms with Crippen molar-refractivity contribution in [3.8, 4) is 5.75 Å². The summed E-state index contributed by atoms with van der Waals surface area (Å²) in [6.07, 6.45) is -2.89. The zero-order chi connectivity index (χ0) is 24.5. The SMILES string of the molecule is CC[C@@H](O)c1ccc(NC(=O)[C@@H]2OC(C)(C)[C@@H](C)[C@H]2c2ccc(F)c(C(F)F)c2OC)cn1. The number of methoxy groups -OCH3 is 1. The first kappa shape index (κ1) is 25.0. The van der Waals surface area contributed by atoms with Crippen molar-refractivity contribution in [2.24, 2.45) is 5.92 Å². The monoisotopic (exact) mass is 466 g/mol. The van der Waals surface area contributed by atoms with Crippen LogP contribution in [0.2, 0.25) is 0 Å². The number of rotatable bonds is 7. The van der Waals surface area contributed by atoms with E-state index < -0.39 is 47.4 Å². The molecule has 0 saturated carbocycles. The van der Waals surface area contributed by atoms with Gasteiger partial charge in [0.05, 0.1) is 42.0 Å². The molecule has 0 spiro atoms. The fourth-order valence-corrected chi connectivity index (χ4v) is 4.24. The summed E-state index contributed by atoms with van der Waals surface area (Å²) < 4.78 is 52.6. The highest BCUT2D eigenvalue weighted by molar-refractivity contribution is 5.95. The van der Waals surface area contributed by atoms with Crippen molar-refractivity contribution in [1.29, 1.82) is 0 Å². The lowest BCUT2D eigenvalue weighted by molar-refractivity contribution is -0.131. The van der Waals surface area contributed by atoms with Gasteiger partial charge >= 0.3 is 0 Å². The van der Waals surface area contributed by atoms with Gasteiger partial charge in [-0.25, -0.2) is 13.2 Å². The summed E-state index contributed by atoms with van der Waals surface area (Å²) in [5.74, 6) is -2.79. The molecule has 6 nitrogen and oxygen atoms in total. The summed E-state index contributed by atoms with van der Waals surface area (Å²) in [7, 11) is 1.20. The number of anilines is 1. The van der Waals surface area contributed by atoms with Gasteiger partial charge in [0.15, 0.2) is 0 Å². The Kier molecular flexibility index (Phi) is 7.33. The van der Waals surface area contributed by atoms with Gasteiger partial charge < -0.3 is 19.9 Å². The minimum atomic E-state index is -3.08. The number of pyridine rings is 1. The Hall–Kier alpha value is -2.65. The first-order valence-electron chi connectivity index (χ1n) is 10.8. The van der Waals surface area contributed by atoms with E-state index in [1.54, 1.807) is 12.1 Å². The third kappa shape index (κ3) is 4.84. The number of halogens is 3. The number of aromatic nitrogens is 1. The Labute approximate surface area is 191 Å². The summed E-state index contributed by atoms with van der Waals surface area (Å²) in [6.45, 7) is 7.30. The fraction of sp³-hybridized carbons (Fsp3) is 0.500. The molecule has 1 saturated heterocycles. The molecule has 3 rings (SSSR count). The highest BCUT2D eigenvalue weighted by Gasteiger charge is 2.51. The van der Waals surface area contributed by atoms with Gasteiger partial charge in [-0.3, -0.25) is 9.78 Å². The van der Waals surface area contributed by atoms with Crippen molar-refractivity contribution < 1.29 is 32.5 Å². The molecule has 1 fully saturated rings. The van der Waals surface area contributed by atoms with Crippen LogP contribution in [0.1, 0.15) is 69.4 Å². The van der Waals surface area contributed by atoms with E-state index in [0.29, 0.717) is 17.8 Å². The first-order valence-corrected chi connectivity index (χ1v) is 10.8. The van der Waals surface area contributed by atoms with Crippen LogP contribution in [-0.2, 0) is 9.53 Å². The van der Waals surface area contributed by atoms with Crippen LogP contribution >= 0.6 is 0 Å². The number of nitrogens with one attached hydrogen (secondary N) is 1. The molecular weight excluding hydrogens is 437 g/mol. The summed E-state index contributed by atoms with van der Waals surface area (Å²) in [5.41, 5.74) is -0.432. The van der Waals surface area contributed by atoms with Crippen molar-refractivity contribution in [2.75, 3.05) is 12.4 Å². The Morgan fingerprint density at radius 2 is 2.00 bits per heavy atom. The lowest BCUT2D eigenvalue weighted by Gasteiger charge is -2.26. The topological polar surface area (TPSA) is 80.7 Å². The molecule has 33 heavy (non-hydrogen) atoms. The molecule has 2 heterocycles. The lowest BCUT2D eigenvalue weighted by atomic mass is 9.77. The second-order valence-corrected chi connectivity index (χ2v) is 8.73. The predicted octanol–water partition coefficient (Wildman–Crippen LogP) is 5.15. The van der Waals surface area contributed by atoms with Crippen LogP contribution < -0.4 is 10.1 Å². The molecule has 1 aromatic carbocycles. The van der Waals surface area contributed by atoms with Gasteiger partial charge in [0.2, 0.25) is 0 Å². The van der Waals surface area contributed by atoms with Gasteiger partial charge in [0.25, 0.3) is 12.3 Å². The number of carbonyl (C=O) groups excluding carboxylic acids is 1. The van der Waals surface area contributed by atoms with Crippen molar-refractivity contribution in [1.82, 2.24) is 4.98 Å². The maximum absolute atomic E-state index is 14.2. The van der Waals surface area contributed by atoms with E-state index in [0.717, 1.165) is 6.07 Å². The minimum Gasteiger partial charge on any atom is -0.496 e. The summed E-state index contributed by atoms with van der Waals surface area (Å²) in [5, 5.41) is 12.6. The van der Waals surface area contributed by atoms with E-state index >= 15 is 0 Å². The Morgan fingerprint density at radius 1 is 1.30 bits per heavy atom. The number of nitrogens with zero attached hydrogens (tertiary/aromatic N) is 1.